The highest BCUT2D eigenvalue weighted by atomic mass is 35.5. The van der Waals surface area contributed by atoms with Crippen molar-refractivity contribution in [2.24, 2.45) is 0 Å². The first-order chi connectivity index (χ1) is 8.62. The van der Waals surface area contributed by atoms with Crippen LogP contribution in [0.2, 0.25) is 5.15 Å². The first-order valence-electron chi connectivity index (χ1n) is 5.65. The molecule has 0 spiro atoms. The van der Waals surface area contributed by atoms with Gasteiger partial charge in [0.2, 0.25) is 0 Å². The van der Waals surface area contributed by atoms with Gasteiger partial charge in [0.25, 0.3) is 0 Å². The lowest BCUT2D eigenvalue weighted by molar-refractivity contribution is -0.198. The Bertz CT molecular complexity index is 452. The first kappa shape index (κ1) is 16.0. The van der Waals surface area contributed by atoms with Crippen molar-refractivity contribution in [1.82, 2.24) is 9.97 Å². The molecule has 4 nitrogen and oxygen atoms in total. The van der Waals surface area contributed by atoms with E-state index in [2.05, 4.69) is 15.3 Å². The average molecular weight is 298 g/mol. The number of aliphatic hydroxyl groups excluding tert-OH is 1. The lowest BCUT2D eigenvalue weighted by Crippen LogP contribution is -2.35. The van der Waals surface area contributed by atoms with E-state index in [0.29, 0.717) is 11.4 Å². The van der Waals surface area contributed by atoms with Crippen molar-refractivity contribution >= 4 is 17.4 Å². The molecule has 1 aromatic heterocycles. The van der Waals surface area contributed by atoms with Gasteiger partial charge in [-0.1, -0.05) is 25.4 Å². The van der Waals surface area contributed by atoms with Gasteiger partial charge in [0, 0.05) is 11.5 Å². The Balaban J connectivity index is 2.89. The Kier molecular flexibility index (Phi) is 4.98. The molecule has 1 unspecified atom stereocenters. The van der Waals surface area contributed by atoms with Crippen molar-refractivity contribution in [3.05, 3.63) is 16.5 Å². The molecule has 0 aliphatic rings. The Morgan fingerprint density at radius 3 is 2.37 bits per heavy atom. The summed E-state index contributed by atoms with van der Waals surface area (Å²) >= 11 is 5.89. The second kappa shape index (κ2) is 5.92. The predicted octanol–water partition coefficient (Wildman–Crippen LogP) is 2.90. The van der Waals surface area contributed by atoms with Crippen LogP contribution >= 0.6 is 11.6 Å². The molecule has 8 heteroatoms. The summed E-state index contributed by atoms with van der Waals surface area (Å²) < 4.78 is 36.6. The van der Waals surface area contributed by atoms with Crippen LogP contribution in [0.4, 0.5) is 19.0 Å². The lowest BCUT2D eigenvalue weighted by Gasteiger charge is -2.17. The lowest BCUT2D eigenvalue weighted by atomic mass is 10.2. The van der Waals surface area contributed by atoms with E-state index in [1.807, 2.05) is 13.8 Å². The third-order valence-electron chi connectivity index (χ3n) is 2.46. The number of nitrogens with one attached hydrogen (secondary N) is 1. The quantitative estimate of drug-likeness (QED) is 0.839. The highest BCUT2D eigenvalue weighted by Crippen LogP contribution is 2.24. The van der Waals surface area contributed by atoms with Gasteiger partial charge in [-0.05, 0) is 6.92 Å². The third kappa shape index (κ3) is 4.21. The zero-order valence-corrected chi connectivity index (χ0v) is 11.5. The minimum absolute atomic E-state index is 0.00816. The molecule has 0 fully saturated rings. The first-order valence-corrected chi connectivity index (χ1v) is 6.03. The van der Waals surface area contributed by atoms with Crippen molar-refractivity contribution in [3.8, 4) is 0 Å². The summed E-state index contributed by atoms with van der Waals surface area (Å²) in [4.78, 5) is 8.14. The normalized spacial score (nSPS) is 13.7. The fourth-order valence-electron chi connectivity index (χ4n) is 1.24. The van der Waals surface area contributed by atoms with Crippen LogP contribution in [0.15, 0.2) is 0 Å². The fourth-order valence-corrected chi connectivity index (χ4v) is 1.42. The van der Waals surface area contributed by atoms with Crippen LogP contribution in [-0.4, -0.2) is 33.9 Å². The zero-order chi connectivity index (χ0) is 14.8. The molecule has 0 radical (unpaired) electrons. The Hall–Kier alpha value is -1.08. The molecule has 1 atom stereocenters. The summed E-state index contributed by atoms with van der Waals surface area (Å²) in [5.41, 5.74) is 0.445. The van der Waals surface area contributed by atoms with Gasteiger partial charge in [0.05, 0.1) is 6.54 Å². The molecule has 0 aliphatic carbocycles. The maximum Gasteiger partial charge on any atom is 0.416 e. The maximum absolute atomic E-state index is 12.2. The van der Waals surface area contributed by atoms with Crippen molar-refractivity contribution < 1.29 is 18.3 Å². The number of aromatic nitrogens is 2. The molecule has 1 aromatic rings. The van der Waals surface area contributed by atoms with E-state index < -0.39 is 18.8 Å². The van der Waals surface area contributed by atoms with Gasteiger partial charge in [0.15, 0.2) is 6.10 Å². The number of hydrogen-bond donors (Lipinski definition) is 2. The van der Waals surface area contributed by atoms with E-state index in [1.165, 1.54) is 0 Å². The molecular weight excluding hydrogens is 283 g/mol. The Morgan fingerprint density at radius 2 is 1.89 bits per heavy atom. The second-order valence-electron chi connectivity index (χ2n) is 4.44. The Morgan fingerprint density at radius 1 is 1.32 bits per heavy atom. The average Bonchev–Trinajstić information content (AvgIpc) is 2.28. The minimum atomic E-state index is -4.67. The van der Waals surface area contributed by atoms with Crippen LogP contribution in [0.3, 0.4) is 0 Å². The van der Waals surface area contributed by atoms with Crippen LogP contribution in [0, 0.1) is 6.92 Å². The van der Waals surface area contributed by atoms with Gasteiger partial charge in [-0.15, -0.1) is 0 Å². The maximum atomic E-state index is 12.2. The molecule has 0 amide bonds. The van der Waals surface area contributed by atoms with Gasteiger partial charge < -0.3 is 10.4 Å². The molecule has 2 N–H and O–H groups in total. The number of aliphatic hydroxyl groups is 1. The summed E-state index contributed by atoms with van der Waals surface area (Å²) in [5, 5.41) is 11.6. The molecule has 0 saturated carbocycles. The van der Waals surface area contributed by atoms with Gasteiger partial charge in [0.1, 0.15) is 16.8 Å². The van der Waals surface area contributed by atoms with Crippen LogP contribution in [-0.2, 0) is 0 Å². The molecular formula is C11H15ClF3N3O. The molecule has 19 heavy (non-hydrogen) atoms. The minimum Gasteiger partial charge on any atom is -0.382 e. The van der Waals surface area contributed by atoms with Gasteiger partial charge in [-0.2, -0.15) is 13.2 Å². The van der Waals surface area contributed by atoms with E-state index in [-0.39, 0.29) is 16.9 Å². The molecule has 108 valence electrons. The highest BCUT2D eigenvalue weighted by molar-refractivity contribution is 6.30. The van der Waals surface area contributed by atoms with Crippen LogP contribution in [0.5, 0.6) is 0 Å². The molecule has 0 bridgehead atoms. The standard InChI is InChI=1S/C11H15ClF3N3O/c1-5(2)9-17-8(12)6(3)10(18-9)16-4-7(19)11(13,14)15/h5,7,19H,4H2,1-3H3,(H,16,17,18). The van der Waals surface area contributed by atoms with Crippen molar-refractivity contribution in [2.45, 2.75) is 39.0 Å². The smallest absolute Gasteiger partial charge is 0.382 e. The van der Waals surface area contributed by atoms with Crippen molar-refractivity contribution in [3.63, 3.8) is 0 Å². The zero-order valence-electron chi connectivity index (χ0n) is 10.7. The molecule has 1 rings (SSSR count). The highest BCUT2D eigenvalue weighted by Gasteiger charge is 2.38. The molecule has 1 heterocycles. The molecule has 0 aromatic carbocycles. The van der Waals surface area contributed by atoms with Crippen LogP contribution < -0.4 is 5.32 Å². The summed E-state index contributed by atoms with van der Waals surface area (Å²) in [6, 6.07) is 0. The number of anilines is 1. The summed E-state index contributed by atoms with van der Waals surface area (Å²) in [6.45, 7) is 4.59. The van der Waals surface area contributed by atoms with E-state index in [4.69, 9.17) is 16.7 Å². The third-order valence-corrected chi connectivity index (χ3v) is 2.83. The van der Waals surface area contributed by atoms with Crippen molar-refractivity contribution in [1.29, 1.82) is 0 Å². The Labute approximate surface area is 114 Å². The topological polar surface area (TPSA) is 58.0 Å². The number of nitrogens with zero attached hydrogens (tertiary/aromatic N) is 2. The van der Waals surface area contributed by atoms with E-state index in [0.717, 1.165) is 0 Å². The van der Waals surface area contributed by atoms with Crippen molar-refractivity contribution in [2.75, 3.05) is 11.9 Å². The second-order valence-corrected chi connectivity index (χ2v) is 4.80. The van der Waals surface area contributed by atoms with E-state index in [9.17, 15) is 13.2 Å². The fraction of sp³-hybridized carbons (Fsp3) is 0.636. The van der Waals surface area contributed by atoms with E-state index >= 15 is 0 Å². The largest absolute Gasteiger partial charge is 0.416 e. The van der Waals surface area contributed by atoms with Gasteiger partial charge in [-0.3, -0.25) is 0 Å². The summed E-state index contributed by atoms with van der Waals surface area (Å²) in [7, 11) is 0. The van der Waals surface area contributed by atoms with Gasteiger partial charge in [-0.25, -0.2) is 9.97 Å². The molecule has 0 aliphatic heterocycles. The van der Waals surface area contributed by atoms with Crippen LogP contribution in [0.25, 0.3) is 0 Å². The number of halogens is 4. The predicted molar refractivity (Wildman–Crippen MR) is 66.4 cm³/mol. The monoisotopic (exact) mass is 297 g/mol. The van der Waals surface area contributed by atoms with E-state index in [1.54, 1.807) is 6.92 Å². The SMILES string of the molecule is Cc1c(Cl)nc(C(C)C)nc1NCC(O)C(F)(F)F. The van der Waals surface area contributed by atoms with Crippen LogP contribution in [0.1, 0.15) is 31.2 Å². The number of alkyl halides is 3. The number of hydrogen-bond acceptors (Lipinski definition) is 4. The summed E-state index contributed by atoms with van der Waals surface area (Å²) in [5.74, 6) is 0.623. The van der Waals surface area contributed by atoms with Gasteiger partial charge >= 0.3 is 6.18 Å². The molecule has 0 saturated heterocycles. The number of rotatable bonds is 4. The summed E-state index contributed by atoms with van der Waals surface area (Å²) in [6.07, 6.45) is -7.12.